The molecule has 27 heavy (non-hydrogen) atoms. The second kappa shape index (κ2) is 7.61. The first-order valence-corrected chi connectivity index (χ1v) is 8.88. The molecular formula is C21H22N2O4. The fraction of sp³-hybridized carbons (Fsp3) is 0.286. The lowest BCUT2D eigenvalue weighted by molar-refractivity contribution is 0.0969. The molecule has 1 aromatic carbocycles. The van der Waals surface area contributed by atoms with Crippen LogP contribution in [-0.4, -0.2) is 27.8 Å². The Morgan fingerprint density at radius 1 is 1.22 bits per heavy atom. The standard InChI is InChI=1S/C21H22N2O4/c1-4-10-27-20-17(13-24)22(3)16-11-14(2)23(21(26)19(16)20)12-18(25)15-8-6-5-7-9-15/h5-9,11,13H,4,10,12H2,1-3H3. The number of pyridine rings is 1. The first-order chi connectivity index (χ1) is 13.0. The maximum Gasteiger partial charge on any atom is 0.264 e. The molecule has 0 atom stereocenters. The van der Waals surface area contributed by atoms with Gasteiger partial charge in [0.2, 0.25) is 0 Å². The van der Waals surface area contributed by atoms with Crippen LogP contribution in [0.1, 0.15) is 39.9 Å². The van der Waals surface area contributed by atoms with Crippen LogP contribution in [0.5, 0.6) is 5.75 Å². The lowest BCUT2D eigenvalue weighted by Crippen LogP contribution is -2.26. The molecule has 0 radical (unpaired) electrons. The van der Waals surface area contributed by atoms with E-state index in [4.69, 9.17) is 4.74 Å². The van der Waals surface area contributed by atoms with E-state index in [1.54, 1.807) is 48.9 Å². The number of rotatable bonds is 7. The van der Waals surface area contributed by atoms with E-state index >= 15 is 0 Å². The zero-order valence-electron chi connectivity index (χ0n) is 15.7. The van der Waals surface area contributed by atoms with Crippen LogP contribution in [0.4, 0.5) is 0 Å². The van der Waals surface area contributed by atoms with E-state index in [9.17, 15) is 14.4 Å². The number of aromatic nitrogens is 2. The Kier molecular flexibility index (Phi) is 5.26. The van der Waals surface area contributed by atoms with E-state index < -0.39 is 0 Å². The Balaban J connectivity index is 2.16. The average molecular weight is 366 g/mol. The molecule has 6 heteroatoms. The van der Waals surface area contributed by atoms with E-state index in [-0.39, 0.29) is 23.6 Å². The molecule has 0 saturated heterocycles. The number of hydrogen-bond acceptors (Lipinski definition) is 4. The highest BCUT2D eigenvalue weighted by atomic mass is 16.5. The summed E-state index contributed by atoms with van der Waals surface area (Å²) in [5.41, 5.74) is 1.81. The third-order valence-corrected chi connectivity index (χ3v) is 4.63. The van der Waals surface area contributed by atoms with Crippen LogP contribution in [0.25, 0.3) is 10.9 Å². The molecule has 6 nitrogen and oxygen atoms in total. The van der Waals surface area contributed by atoms with Crippen molar-refractivity contribution in [1.82, 2.24) is 9.13 Å². The van der Waals surface area contributed by atoms with E-state index in [0.717, 1.165) is 6.42 Å². The van der Waals surface area contributed by atoms with Crippen molar-refractivity contribution < 1.29 is 14.3 Å². The van der Waals surface area contributed by atoms with E-state index in [1.165, 1.54) is 4.57 Å². The molecule has 0 saturated carbocycles. The van der Waals surface area contributed by atoms with Crippen molar-refractivity contribution in [3.63, 3.8) is 0 Å². The van der Waals surface area contributed by atoms with Crippen molar-refractivity contribution in [2.24, 2.45) is 7.05 Å². The summed E-state index contributed by atoms with van der Waals surface area (Å²) >= 11 is 0. The van der Waals surface area contributed by atoms with Crippen LogP contribution >= 0.6 is 0 Å². The lowest BCUT2D eigenvalue weighted by Gasteiger charge is -2.11. The molecule has 0 aliphatic rings. The van der Waals surface area contributed by atoms with Crippen LogP contribution in [-0.2, 0) is 13.6 Å². The molecular weight excluding hydrogens is 344 g/mol. The first kappa shape index (κ1) is 18.6. The van der Waals surface area contributed by atoms with Gasteiger partial charge in [0.15, 0.2) is 17.8 Å². The molecule has 0 aliphatic carbocycles. The third kappa shape index (κ3) is 3.30. The second-order valence-electron chi connectivity index (χ2n) is 6.47. The van der Waals surface area contributed by atoms with E-state index in [2.05, 4.69) is 0 Å². The van der Waals surface area contributed by atoms with E-state index in [0.29, 0.717) is 40.7 Å². The number of benzene rings is 1. The fourth-order valence-electron chi connectivity index (χ4n) is 3.18. The number of hydrogen-bond donors (Lipinski definition) is 0. The summed E-state index contributed by atoms with van der Waals surface area (Å²) in [5, 5.41) is 0.333. The van der Waals surface area contributed by atoms with Gasteiger partial charge in [0, 0.05) is 18.3 Å². The molecule has 0 aliphatic heterocycles. The second-order valence-corrected chi connectivity index (χ2v) is 6.47. The molecule has 3 aromatic rings. The zero-order valence-corrected chi connectivity index (χ0v) is 15.7. The molecule has 0 amide bonds. The summed E-state index contributed by atoms with van der Waals surface area (Å²) < 4.78 is 8.82. The lowest BCUT2D eigenvalue weighted by atomic mass is 10.1. The van der Waals surface area contributed by atoms with Crippen LogP contribution in [0.2, 0.25) is 0 Å². The Morgan fingerprint density at radius 3 is 2.56 bits per heavy atom. The highest BCUT2D eigenvalue weighted by molar-refractivity contribution is 5.98. The van der Waals surface area contributed by atoms with Crippen LogP contribution < -0.4 is 10.3 Å². The van der Waals surface area contributed by atoms with E-state index in [1.807, 2.05) is 13.0 Å². The Bertz CT molecular complexity index is 1060. The van der Waals surface area contributed by atoms with Crippen molar-refractivity contribution >= 4 is 23.0 Å². The quantitative estimate of drug-likeness (QED) is 0.476. The van der Waals surface area contributed by atoms with Gasteiger partial charge in [-0.1, -0.05) is 37.3 Å². The minimum Gasteiger partial charge on any atom is -0.490 e. The Labute approximate surface area is 157 Å². The number of Topliss-reactive ketones (excluding diaryl/α,β-unsaturated/α-hetero) is 1. The minimum atomic E-state index is -0.330. The normalized spacial score (nSPS) is 10.9. The van der Waals surface area contributed by atoms with Gasteiger partial charge in [-0.05, 0) is 19.4 Å². The highest BCUT2D eigenvalue weighted by Gasteiger charge is 2.22. The highest BCUT2D eigenvalue weighted by Crippen LogP contribution is 2.30. The van der Waals surface area contributed by atoms with Gasteiger partial charge in [-0.15, -0.1) is 0 Å². The smallest absolute Gasteiger partial charge is 0.264 e. The molecule has 3 rings (SSSR count). The fourth-order valence-corrected chi connectivity index (χ4v) is 3.18. The van der Waals surface area contributed by atoms with Crippen molar-refractivity contribution in [3.05, 3.63) is 63.7 Å². The van der Waals surface area contributed by atoms with Gasteiger partial charge in [-0.3, -0.25) is 14.4 Å². The molecule has 140 valence electrons. The van der Waals surface area contributed by atoms with Crippen molar-refractivity contribution in [2.75, 3.05) is 6.61 Å². The van der Waals surface area contributed by atoms with Crippen LogP contribution in [0, 0.1) is 6.92 Å². The number of nitrogens with zero attached hydrogens (tertiary/aromatic N) is 2. The van der Waals surface area contributed by atoms with Crippen molar-refractivity contribution in [3.8, 4) is 5.75 Å². The molecule has 0 spiro atoms. The maximum absolute atomic E-state index is 13.2. The van der Waals surface area contributed by atoms with Gasteiger partial charge in [0.05, 0.1) is 18.7 Å². The van der Waals surface area contributed by atoms with Crippen LogP contribution in [0.15, 0.2) is 41.2 Å². The summed E-state index contributed by atoms with van der Waals surface area (Å²) in [6.07, 6.45) is 1.44. The minimum absolute atomic E-state index is 0.0663. The monoisotopic (exact) mass is 366 g/mol. The van der Waals surface area contributed by atoms with Gasteiger partial charge in [0.1, 0.15) is 11.1 Å². The number of carbonyl (C=O) groups excluding carboxylic acids is 2. The Morgan fingerprint density at radius 2 is 1.93 bits per heavy atom. The molecule has 0 N–H and O–H groups in total. The molecule has 0 unspecified atom stereocenters. The number of fused-ring (bicyclic) bond motifs is 1. The molecule has 0 fully saturated rings. The summed E-state index contributed by atoms with van der Waals surface area (Å²) in [4.78, 5) is 37.3. The zero-order chi connectivity index (χ0) is 19.6. The molecule has 0 bridgehead atoms. The summed E-state index contributed by atoms with van der Waals surface area (Å²) in [6.45, 7) is 4.06. The van der Waals surface area contributed by atoms with Gasteiger partial charge in [-0.2, -0.15) is 0 Å². The van der Waals surface area contributed by atoms with Gasteiger partial charge >= 0.3 is 0 Å². The summed E-state index contributed by atoms with van der Waals surface area (Å²) in [5.74, 6) is 0.137. The Hall–Kier alpha value is -3.15. The SMILES string of the molecule is CCCOc1c(C=O)n(C)c2cc(C)n(CC(=O)c3ccccc3)c(=O)c12. The summed E-state index contributed by atoms with van der Waals surface area (Å²) in [6, 6.07) is 10.7. The predicted octanol–water partition coefficient (Wildman–Crippen LogP) is 3.13. The molecule has 2 aromatic heterocycles. The third-order valence-electron chi connectivity index (χ3n) is 4.63. The number of carbonyl (C=O) groups is 2. The van der Waals surface area contributed by atoms with Crippen molar-refractivity contribution in [2.45, 2.75) is 26.8 Å². The average Bonchev–Trinajstić information content (AvgIpc) is 2.95. The molecule has 2 heterocycles. The van der Waals surface area contributed by atoms with Crippen molar-refractivity contribution in [1.29, 1.82) is 0 Å². The van der Waals surface area contributed by atoms with Gasteiger partial charge in [-0.25, -0.2) is 0 Å². The van der Waals surface area contributed by atoms with Gasteiger partial charge < -0.3 is 13.9 Å². The van der Waals surface area contributed by atoms with Crippen LogP contribution in [0.3, 0.4) is 0 Å². The number of ketones is 1. The summed E-state index contributed by atoms with van der Waals surface area (Å²) in [7, 11) is 1.73. The maximum atomic E-state index is 13.2. The number of ether oxygens (including phenoxy) is 1. The number of aryl methyl sites for hydroxylation is 2. The van der Waals surface area contributed by atoms with Gasteiger partial charge in [0.25, 0.3) is 5.56 Å². The number of aldehydes is 1. The topological polar surface area (TPSA) is 70.3 Å². The largest absolute Gasteiger partial charge is 0.490 e. The predicted molar refractivity (Wildman–Crippen MR) is 104 cm³/mol. The first-order valence-electron chi connectivity index (χ1n) is 8.88.